The molecule has 1 aliphatic rings. The lowest BCUT2D eigenvalue weighted by Gasteiger charge is -2.23. The van der Waals surface area contributed by atoms with Crippen molar-refractivity contribution < 1.29 is 4.79 Å². The maximum atomic E-state index is 11.8. The number of amides is 1. The Morgan fingerprint density at radius 3 is 2.50 bits per heavy atom. The summed E-state index contributed by atoms with van der Waals surface area (Å²) in [4.78, 5) is 11.8. The van der Waals surface area contributed by atoms with Gasteiger partial charge in [0.1, 0.15) is 6.04 Å². The summed E-state index contributed by atoms with van der Waals surface area (Å²) in [5, 5.41) is 4.05. The van der Waals surface area contributed by atoms with Gasteiger partial charge in [-0.1, -0.05) is 43.4 Å². The van der Waals surface area contributed by atoms with Gasteiger partial charge in [0.15, 0.2) is 0 Å². The molecule has 1 aromatic rings. The summed E-state index contributed by atoms with van der Waals surface area (Å²) < 4.78 is 0.783. The highest BCUT2D eigenvalue weighted by Crippen LogP contribution is 2.27. The van der Waals surface area contributed by atoms with Crippen LogP contribution in [0.2, 0.25) is 5.02 Å². The molecule has 0 spiro atoms. The van der Waals surface area contributed by atoms with E-state index in [1.807, 2.05) is 12.1 Å². The topological polar surface area (TPSA) is 55.1 Å². The van der Waals surface area contributed by atoms with Crippen LogP contribution >= 0.6 is 27.5 Å². The smallest absolute Gasteiger partial charge is 0.239 e. The van der Waals surface area contributed by atoms with Gasteiger partial charge in [0, 0.05) is 10.5 Å². The maximum Gasteiger partial charge on any atom is 0.239 e. The Balaban J connectivity index is 2.13. The minimum absolute atomic E-state index is 0.344. The summed E-state index contributed by atoms with van der Waals surface area (Å²) in [5.74, 6) is -0.344. The normalized spacial score (nSPS) is 18.5. The number of primary amides is 1. The zero-order valence-electron chi connectivity index (χ0n) is 11.4. The van der Waals surface area contributed by atoms with E-state index in [-0.39, 0.29) is 5.91 Å². The SMILES string of the molecule is NC(=O)C(NC1CCCCCC1)c1ccc(Cl)c(Br)c1. The molecule has 3 nitrogen and oxygen atoms in total. The van der Waals surface area contributed by atoms with Crippen LogP contribution in [0.15, 0.2) is 22.7 Å². The molecule has 0 radical (unpaired) electrons. The van der Waals surface area contributed by atoms with Gasteiger partial charge in [-0.3, -0.25) is 10.1 Å². The molecule has 1 aromatic carbocycles. The molecule has 1 fully saturated rings. The average Bonchev–Trinajstić information content (AvgIpc) is 2.67. The molecular weight excluding hydrogens is 340 g/mol. The monoisotopic (exact) mass is 358 g/mol. The molecule has 0 bridgehead atoms. The minimum Gasteiger partial charge on any atom is -0.368 e. The van der Waals surface area contributed by atoms with E-state index in [9.17, 15) is 4.79 Å². The Labute approximate surface area is 133 Å². The zero-order chi connectivity index (χ0) is 14.5. The molecule has 1 amide bonds. The van der Waals surface area contributed by atoms with Gasteiger partial charge in [0.2, 0.25) is 5.91 Å². The molecule has 3 N–H and O–H groups in total. The van der Waals surface area contributed by atoms with Crippen molar-refractivity contribution in [3.05, 3.63) is 33.3 Å². The quantitative estimate of drug-likeness (QED) is 0.800. The van der Waals surface area contributed by atoms with Gasteiger partial charge in [-0.05, 0) is 46.5 Å². The first-order chi connectivity index (χ1) is 9.58. The number of nitrogens with two attached hydrogens (primary N) is 1. The predicted octanol–water partition coefficient (Wildman–Crippen LogP) is 3.94. The van der Waals surface area contributed by atoms with Crippen molar-refractivity contribution in [1.29, 1.82) is 0 Å². The molecule has 20 heavy (non-hydrogen) atoms. The van der Waals surface area contributed by atoms with E-state index in [0.717, 1.165) is 22.9 Å². The molecule has 1 aliphatic carbocycles. The number of hydrogen-bond acceptors (Lipinski definition) is 2. The molecule has 0 aromatic heterocycles. The average molecular weight is 360 g/mol. The molecule has 0 aliphatic heterocycles. The molecule has 1 unspecified atom stereocenters. The van der Waals surface area contributed by atoms with Crippen LogP contribution in [-0.2, 0) is 4.79 Å². The van der Waals surface area contributed by atoms with Crippen molar-refractivity contribution in [2.45, 2.75) is 50.6 Å². The fourth-order valence-electron chi connectivity index (χ4n) is 2.72. The second-order valence-corrected chi connectivity index (χ2v) is 6.63. The van der Waals surface area contributed by atoms with E-state index >= 15 is 0 Å². The van der Waals surface area contributed by atoms with Crippen LogP contribution in [0.4, 0.5) is 0 Å². The Morgan fingerprint density at radius 1 is 1.30 bits per heavy atom. The summed E-state index contributed by atoms with van der Waals surface area (Å²) >= 11 is 9.38. The molecule has 110 valence electrons. The van der Waals surface area contributed by atoms with Crippen molar-refractivity contribution in [2.24, 2.45) is 5.73 Å². The van der Waals surface area contributed by atoms with E-state index in [1.165, 1.54) is 25.7 Å². The largest absolute Gasteiger partial charge is 0.368 e. The van der Waals surface area contributed by atoms with Crippen LogP contribution in [-0.4, -0.2) is 11.9 Å². The number of halogens is 2. The van der Waals surface area contributed by atoms with Crippen molar-refractivity contribution >= 4 is 33.4 Å². The summed E-state index contributed by atoms with van der Waals surface area (Å²) in [5.41, 5.74) is 6.42. The molecule has 0 heterocycles. The van der Waals surface area contributed by atoms with Gasteiger partial charge in [-0.2, -0.15) is 0 Å². The number of nitrogens with one attached hydrogen (secondary N) is 1. The number of carbonyl (C=O) groups excluding carboxylic acids is 1. The lowest BCUT2D eigenvalue weighted by atomic mass is 10.0. The van der Waals surface area contributed by atoms with Crippen molar-refractivity contribution in [2.75, 3.05) is 0 Å². The summed E-state index contributed by atoms with van der Waals surface area (Å²) in [6.45, 7) is 0. The van der Waals surface area contributed by atoms with Gasteiger partial charge in [0.05, 0.1) is 5.02 Å². The van der Waals surface area contributed by atoms with Crippen LogP contribution in [0, 0.1) is 0 Å². The van der Waals surface area contributed by atoms with Gasteiger partial charge in [-0.25, -0.2) is 0 Å². The molecule has 0 saturated heterocycles. The highest BCUT2D eigenvalue weighted by molar-refractivity contribution is 9.10. The van der Waals surface area contributed by atoms with E-state index in [0.29, 0.717) is 11.1 Å². The first-order valence-electron chi connectivity index (χ1n) is 7.08. The fraction of sp³-hybridized carbons (Fsp3) is 0.533. The summed E-state index contributed by atoms with van der Waals surface area (Å²) in [6, 6.07) is 5.41. The Hall–Kier alpha value is -0.580. The predicted molar refractivity (Wildman–Crippen MR) is 85.7 cm³/mol. The van der Waals surface area contributed by atoms with Gasteiger partial charge in [0.25, 0.3) is 0 Å². The van der Waals surface area contributed by atoms with Gasteiger partial charge in [-0.15, -0.1) is 0 Å². The lowest BCUT2D eigenvalue weighted by Crippen LogP contribution is -2.39. The highest BCUT2D eigenvalue weighted by atomic mass is 79.9. The zero-order valence-corrected chi connectivity index (χ0v) is 13.7. The molecule has 5 heteroatoms. The Morgan fingerprint density at radius 2 is 1.95 bits per heavy atom. The first-order valence-corrected chi connectivity index (χ1v) is 8.25. The third kappa shape index (κ3) is 4.21. The summed E-state index contributed by atoms with van der Waals surface area (Å²) in [7, 11) is 0. The maximum absolute atomic E-state index is 11.8. The molecular formula is C15H20BrClN2O. The number of benzene rings is 1. The number of rotatable bonds is 4. The second-order valence-electron chi connectivity index (χ2n) is 5.36. The van der Waals surface area contributed by atoms with Crippen LogP contribution in [0.1, 0.15) is 50.1 Å². The summed E-state index contributed by atoms with van der Waals surface area (Å²) in [6.07, 6.45) is 7.22. The third-order valence-corrected chi connectivity index (χ3v) is 5.03. The van der Waals surface area contributed by atoms with Crippen molar-refractivity contribution in [3.8, 4) is 0 Å². The fourth-order valence-corrected chi connectivity index (χ4v) is 3.23. The van der Waals surface area contributed by atoms with Gasteiger partial charge >= 0.3 is 0 Å². The van der Waals surface area contributed by atoms with E-state index < -0.39 is 6.04 Å². The molecule has 2 rings (SSSR count). The van der Waals surface area contributed by atoms with E-state index in [4.69, 9.17) is 17.3 Å². The van der Waals surface area contributed by atoms with Gasteiger partial charge < -0.3 is 5.73 Å². The van der Waals surface area contributed by atoms with Crippen LogP contribution in [0.3, 0.4) is 0 Å². The third-order valence-electron chi connectivity index (χ3n) is 3.82. The molecule has 1 atom stereocenters. The first kappa shape index (κ1) is 15.8. The second kappa shape index (κ2) is 7.43. The standard InChI is InChI=1S/C15H20BrClN2O/c16-12-9-10(7-8-13(12)17)14(15(18)20)19-11-5-3-1-2-4-6-11/h7-9,11,14,19H,1-6H2,(H2,18,20). The lowest BCUT2D eigenvalue weighted by molar-refractivity contribution is -0.120. The van der Waals surface area contributed by atoms with Crippen molar-refractivity contribution in [3.63, 3.8) is 0 Å². The van der Waals surface area contributed by atoms with Crippen LogP contribution < -0.4 is 11.1 Å². The highest BCUT2D eigenvalue weighted by Gasteiger charge is 2.23. The number of carbonyl (C=O) groups is 1. The Kier molecular flexibility index (Phi) is 5.87. The van der Waals surface area contributed by atoms with E-state index in [1.54, 1.807) is 6.07 Å². The van der Waals surface area contributed by atoms with Crippen molar-refractivity contribution in [1.82, 2.24) is 5.32 Å². The van der Waals surface area contributed by atoms with E-state index in [2.05, 4.69) is 21.2 Å². The molecule has 1 saturated carbocycles. The Bertz CT molecular complexity index is 473. The minimum atomic E-state index is -0.452. The number of hydrogen-bond donors (Lipinski definition) is 2. The van der Waals surface area contributed by atoms with Crippen LogP contribution in [0.25, 0.3) is 0 Å². The van der Waals surface area contributed by atoms with Crippen LogP contribution in [0.5, 0.6) is 0 Å².